The lowest BCUT2D eigenvalue weighted by Gasteiger charge is -2.20. The highest BCUT2D eigenvalue weighted by Gasteiger charge is 2.18. The Morgan fingerprint density at radius 1 is 1.38 bits per heavy atom. The Labute approximate surface area is 89.9 Å². The van der Waals surface area contributed by atoms with Gasteiger partial charge in [-0.05, 0) is 32.4 Å². The van der Waals surface area contributed by atoms with E-state index >= 15 is 0 Å². The number of rotatable bonds is 1. The minimum absolute atomic E-state index is 0. The predicted octanol–water partition coefficient (Wildman–Crippen LogP) is 2.66. The molecule has 74 valence electrons. The third kappa shape index (κ3) is 3.14. The molecule has 0 amide bonds. The first-order valence-corrected chi connectivity index (χ1v) is 4.21. The van der Waals surface area contributed by atoms with Crippen molar-refractivity contribution in [3.63, 3.8) is 0 Å². The summed E-state index contributed by atoms with van der Waals surface area (Å²) < 4.78 is 0. The highest BCUT2D eigenvalue weighted by molar-refractivity contribution is 6.29. The van der Waals surface area contributed by atoms with Crippen molar-refractivity contribution in [2.75, 3.05) is 0 Å². The maximum Gasteiger partial charge on any atom is 0.129 e. The van der Waals surface area contributed by atoms with E-state index in [9.17, 15) is 0 Å². The van der Waals surface area contributed by atoms with Gasteiger partial charge in [0.15, 0.2) is 0 Å². The van der Waals surface area contributed by atoms with Gasteiger partial charge in [0.1, 0.15) is 5.15 Å². The van der Waals surface area contributed by atoms with Crippen molar-refractivity contribution in [2.24, 2.45) is 5.73 Å². The van der Waals surface area contributed by atoms with Crippen LogP contribution in [0.4, 0.5) is 0 Å². The SMILES string of the molecule is Cc1ccc(Cl)nc1C(C)(C)N.Cl. The van der Waals surface area contributed by atoms with Crippen LogP contribution >= 0.6 is 24.0 Å². The molecule has 0 aliphatic carbocycles. The van der Waals surface area contributed by atoms with E-state index in [4.69, 9.17) is 17.3 Å². The second kappa shape index (κ2) is 4.27. The Balaban J connectivity index is 0.00000144. The number of aryl methyl sites for hydroxylation is 1. The number of aromatic nitrogens is 1. The van der Waals surface area contributed by atoms with Crippen molar-refractivity contribution >= 4 is 24.0 Å². The predicted molar refractivity (Wildman–Crippen MR) is 58.4 cm³/mol. The van der Waals surface area contributed by atoms with Gasteiger partial charge >= 0.3 is 0 Å². The molecule has 2 nitrogen and oxygen atoms in total. The standard InChI is InChI=1S/C9H13ClN2.ClH/c1-6-4-5-7(10)12-8(6)9(2,3)11;/h4-5H,11H2,1-3H3;1H. The normalized spacial score (nSPS) is 10.8. The molecule has 0 saturated carbocycles. The van der Waals surface area contributed by atoms with Crippen molar-refractivity contribution in [3.8, 4) is 0 Å². The lowest BCUT2D eigenvalue weighted by molar-refractivity contribution is 0.531. The number of hydrogen-bond acceptors (Lipinski definition) is 2. The molecule has 0 aromatic carbocycles. The fourth-order valence-corrected chi connectivity index (χ4v) is 1.30. The van der Waals surface area contributed by atoms with Gasteiger partial charge in [-0.2, -0.15) is 0 Å². The van der Waals surface area contributed by atoms with Gasteiger partial charge in [-0.1, -0.05) is 17.7 Å². The quantitative estimate of drug-likeness (QED) is 0.740. The first-order chi connectivity index (χ1) is 5.41. The van der Waals surface area contributed by atoms with Crippen LogP contribution in [0.5, 0.6) is 0 Å². The molecule has 0 aliphatic heterocycles. The van der Waals surface area contributed by atoms with E-state index in [-0.39, 0.29) is 12.4 Å². The molecule has 1 rings (SSSR count). The molecule has 0 unspecified atom stereocenters. The lowest BCUT2D eigenvalue weighted by atomic mass is 9.98. The van der Waals surface area contributed by atoms with Gasteiger partial charge < -0.3 is 5.73 Å². The molecule has 13 heavy (non-hydrogen) atoms. The van der Waals surface area contributed by atoms with Crippen LogP contribution in [-0.4, -0.2) is 4.98 Å². The molecule has 0 aliphatic rings. The molecule has 2 N–H and O–H groups in total. The molecule has 0 bridgehead atoms. The first kappa shape index (κ1) is 12.7. The monoisotopic (exact) mass is 220 g/mol. The molecular weight excluding hydrogens is 207 g/mol. The third-order valence-electron chi connectivity index (χ3n) is 1.67. The zero-order valence-electron chi connectivity index (χ0n) is 7.97. The van der Waals surface area contributed by atoms with E-state index < -0.39 is 5.54 Å². The van der Waals surface area contributed by atoms with E-state index in [1.165, 1.54) is 0 Å². The summed E-state index contributed by atoms with van der Waals surface area (Å²) in [5.74, 6) is 0. The Kier molecular flexibility index (Phi) is 4.17. The van der Waals surface area contributed by atoms with Crippen molar-refractivity contribution in [3.05, 3.63) is 28.5 Å². The van der Waals surface area contributed by atoms with Crippen LogP contribution in [-0.2, 0) is 5.54 Å². The smallest absolute Gasteiger partial charge is 0.129 e. The van der Waals surface area contributed by atoms with Crippen molar-refractivity contribution in [1.82, 2.24) is 4.98 Å². The summed E-state index contributed by atoms with van der Waals surface area (Å²) in [6, 6.07) is 3.70. The third-order valence-corrected chi connectivity index (χ3v) is 1.88. The molecule has 0 atom stereocenters. The summed E-state index contributed by atoms with van der Waals surface area (Å²) in [6.45, 7) is 5.81. The molecule has 4 heteroatoms. The Bertz CT molecular complexity index is 292. The summed E-state index contributed by atoms with van der Waals surface area (Å²) in [5.41, 5.74) is 7.42. The van der Waals surface area contributed by atoms with Crippen LogP contribution in [0.1, 0.15) is 25.1 Å². The van der Waals surface area contributed by atoms with E-state index in [2.05, 4.69) is 4.98 Å². The average Bonchev–Trinajstić information content (AvgIpc) is 1.92. The van der Waals surface area contributed by atoms with E-state index in [1.54, 1.807) is 6.07 Å². The van der Waals surface area contributed by atoms with Gasteiger partial charge in [-0.15, -0.1) is 12.4 Å². The van der Waals surface area contributed by atoms with E-state index in [0.717, 1.165) is 11.3 Å². The number of nitrogens with zero attached hydrogens (tertiary/aromatic N) is 1. The number of hydrogen-bond donors (Lipinski definition) is 1. The Morgan fingerprint density at radius 3 is 2.31 bits per heavy atom. The molecular formula is C9H14Cl2N2. The first-order valence-electron chi connectivity index (χ1n) is 3.84. The summed E-state index contributed by atoms with van der Waals surface area (Å²) in [5, 5.41) is 0.495. The van der Waals surface area contributed by atoms with Crippen molar-refractivity contribution in [1.29, 1.82) is 0 Å². The minimum atomic E-state index is -0.422. The van der Waals surface area contributed by atoms with Gasteiger partial charge in [-0.25, -0.2) is 4.98 Å². The zero-order valence-corrected chi connectivity index (χ0v) is 9.54. The van der Waals surface area contributed by atoms with E-state index in [1.807, 2.05) is 26.8 Å². The van der Waals surface area contributed by atoms with Crippen molar-refractivity contribution in [2.45, 2.75) is 26.3 Å². The second-order valence-electron chi connectivity index (χ2n) is 3.52. The summed E-state index contributed by atoms with van der Waals surface area (Å²) in [6.07, 6.45) is 0. The van der Waals surface area contributed by atoms with Gasteiger partial charge in [-0.3, -0.25) is 0 Å². The van der Waals surface area contributed by atoms with Crippen LogP contribution in [0.25, 0.3) is 0 Å². The summed E-state index contributed by atoms with van der Waals surface area (Å²) >= 11 is 5.76. The number of nitrogens with two attached hydrogens (primary N) is 1. The Morgan fingerprint density at radius 2 is 1.92 bits per heavy atom. The van der Waals surface area contributed by atoms with Gasteiger partial charge in [0.2, 0.25) is 0 Å². The molecule has 0 fully saturated rings. The van der Waals surface area contributed by atoms with Crippen molar-refractivity contribution < 1.29 is 0 Å². The fraction of sp³-hybridized carbons (Fsp3) is 0.444. The van der Waals surface area contributed by atoms with Gasteiger partial charge in [0.05, 0.1) is 11.2 Å². The lowest BCUT2D eigenvalue weighted by Crippen LogP contribution is -2.30. The van der Waals surface area contributed by atoms with Crippen LogP contribution in [0.2, 0.25) is 5.15 Å². The highest BCUT2D eigenvalue weighted by Crippen LogP contribution is 2.20. The van der Waals surface area contributed by atoms with Gasteiger partial charge in [0.25, 0.3) is 0 Å². The van der Waals surface area contributed by atoms with Crippen LogP contribution in [0.15, 0.2) is 12.1 Å². The average molecular weight is 221 g/mol. The molecule has 0 saturated heterocycles. The maximum absolute atomic E-state index is 5.91. The van der Waals surface area contributed by atoms with Crippen LogP contribution < -0.4 is 5.73 Å². The molecule has 0 spiro atoms. The van der Waals surface area contributed by atoms with Gasteiger partial charge in [0, 0.05) is 0 Å². The molecule has 1 heterocycles. The topological polar surface area (TPSA) is 38.9 Å². The van der Waals surface area contributed by atoms with Crippen LogP contribution in [0, 0.1) is 6.92 Å². The van der Waals surface area contributed by atoms with Crippen LogP contribution in [0.3, 0.4) is 0 Å². The summed E-state index contributed by atoms with van der Waals surface area (Å²) in [7, 11) is 0. The molecule has 1 aromatic heterocycles. The van der Waals surface area contributed by atoms with E-state index in [0.29, 0.717) is 5.15 Å². The minimum Gasteiger partial charge on any atom is -0.321 e. The Hall–Kier alpha value is -0.310. The highest BCUT2D eigenvalue weighted by atomic mass is 35.5. The second-order valence-corrected chi connectivity index (χ2v) is 3.91. The number of pyridine rings is 1. The summed E-state index contributed by atoms with van der Waals surface area (Å²) in [4.78, 5) is 4.18. The largest absolute Gasteiger partial charge is 0.321 e. The molecule has 1 aromatic rings. The maximum atomic E-state index is 5.91. The molecule has 0 radical (unpaired) electrons. The fourth-order valence-electron chi connectivity index (χ4n) is 1.16. The zero-order chi connectivity index (χ0) is 9.35. The number of halogens is 2.